The Morgan fingerprint density at radius 2 is 1.66 bits per heavy atom. The Hall–Kier alpha value is -3.21. The molecule has 1 aliphatic rings. The van der Waals surface area contributed by atoms with Gasteiger partial charge < -0.3 is 18.4 Å². The van der Waals surface area contributed by atoms with Crippen molar-refractivity contribution in [2.75, 3.05) is 7.11 Å². The van der Waals surface area contributed by atoms with Gasteiger partial charge in [-0.05, 0) is 49.1 Å². The summed E-state index contributed by atoms with van der Waals surface area (Å²) in [6, 6.07) is 11.0. The van der Waals surface area contributed by atoms with E-state index in [1.54, 1.807) is 38.1 Å². The van der Waals surface area contributed by atoms with Crippen LogP contribution >= 0.6 is 0 Å². The molecule has 0 saturated carbocycles. The van der Waals surface area contributed by atoms with Crippen molar-refractivity contribution in [2.45, 2.75) is 51.3 Å². The fourth-order valence-electron chi connectivity index (χ4n) is 3.43. The highest BCUT2D eigenvalue weighted by atomic mass is 32.2. The van der Waals surface area contributed by atoms with Crippen LogP contribution in [0.3, 0.4) is 0 Å². The molecule has 1 atom stereocenters. The lowest BCUT2D eigenvalue weighted by molar-refractivity contribution is -0.137. The zero-order chi connectivity index (χ0) is 26.1. The molecule has 0 bridgehead atoms. The third-order valence-electron chi connectivity index (χ3n) is 5.11. The number of ether oxygens (including phenoxy) is 3. The van der Waals surface area contributed by atoms with Gasteiger partial charge in [-0.25, -0.2) is 4.79 Å². The summed E-state index contributed by atoms with van der Waals surface area (Å²) in [4.78, 5) is 12.8. The Kier molecular flexibility index (Phi) is 7.39. The topological polar surface area (TPSA) is 88.1 Å². The molecule has 1 unspecified atom stereocenters. The van der Waals surface area contributed by atoms with Crippen molar-refractivity contribution in [3.05, 3.63) is 64.7 Å². The second kappa shape index (κ2) is 9.80. The summed E-state index contributed by atoms with van der Waals surface area (Å²) in [5, 5.41) is 0. The average Bonchev–Trinajstić information content (AvgIpc) is 2.77. The number of rotatable bonds is 7. The predicted octanol–water partition coefficient (Wildman–Crippen LogP) is 5.48. The molecule has 0 N–H and O–H groups in total. The maximum Gasteiger partial charge on any atom is 0.534 e. The van der Waals surface area contributed by atoms with Gasteiger partial charge in [-0.3, -0.25) is 0 Å². The maximum atomic E-state index is 13.3. The molecule has 2 aromatic carbocycles. The molecule has 190 valence electrons. The molecule has 1 aliphatic heterocycles. The fraction of sp³-hybridized carbons (Fsp3) is 0.375. The molecule has 35 heavy (non-hydrogen) atoms. The van der Waals surface area contributed by atoms with Crippen LogP contribution in [-0.4, -0.2) is 33.1 Å². The minimum absolute atomic E-state index is 0.000861. The quantitative estimate of drug-likeness (QED) is 0.275. The van der Waals surface area contributed by atoms with E-state index in [-0.39, 0.29) is 29.1 Å². The van der Waals surface area contributed by atoms with E-state index in [4.69, 9.17) is 14.2 Å². The third kappa shape index (κ3) is 5.55. The van der Waals surface area contributed by atoms with Gasteiger partial charge in [0.2, 0.25) is 0 Å². The molecule has 0 aromatic heterocycles. The van der Waals surface area contributed by atoms with Crippen LogP contribution in [0.4, 0.5) is 13.2 Å². The van der Waals surface area contributed by atoms with Gasteiger partial charge in [0, 0.05) is 0 Å². The molecule has 7 nitrogen and oxygen atoms in total. The van der Waals surface area contributed by atoms with E-state index in [9.17, 15) is 26.4 Å². The summed E-state index contributed by atoms with van der Waals surface area (Å²) in [5.41, 5.74) is -5.12. The lowest BCUT2D eigenvalue weighted by Crippen LogP contribution is -2.29. The predicted molar refractivity (Wildman–Crippen MR) is 121 cm³/mol. The van der Waals surface area contributed by atoms with E-state index >= 15 is 0 Å². The summed E-state index contributed by atoms with van der Waals surface area (Å²) in [6.07, 6.45) is -1.59. The first-order valence-electron chi connectivity index (χ1n) is 10.7. The minimum atomic E-state index is -6.14. The molecule has 0 saturated heterocycles. The number of halogens is 3. The van der Waals surface area contributed by atoms with E-state index in [0.717, 1.165) is 12.7 Å². The summed E-state index contributed by atoms with van der Waals surface area (Å²) < 4.78 is 84.7. The monoisotopic (exact) mass is 514 g/mol. The van der Waals surface area contributed by atoms with Crippen LogP contribution in [0, 0.1) is 0 Å². The van der Waals surface area contributed by atoms with Gasteiger partial charge in [-0.1, -0.05) is 38.1 Å². The first-order valence-corrected chi connectivity index (χ1v) is 12.1. The van der Waals surface area contributed by atoms with Crippen LogP contribution in [0.1, 0.15) is 56.4 Å². The summed E-state index contributed by atoms with van der Waals surface area (Å²) >= 11 is 0. The molecule has 0 spiro atoms. The lowest BCUT2D eigenvalue weighted by atomic mass is 9.92. The van der Waals surface area contributed by atoms with Crippen molar-refractivity contribution in [3.8, 4) is 11.5 Å². The molecule has 0 amide bonds. The smallest absolute Gasteiger partial charge is 0.491 e. The van der Waals surface area contributed by atoms with Crippen molar-refractivity contribution >= 4 is 21.8 Å². The standard InChI is InChI=1S/C24H25F3O7S/c1-13(2)15-6-8-16(9-7-15)21-20(23(28)31-5)22(34-35(29,30)24(25,26)27)18-12-17(32-14(3)4)10-11-19(18)33-21/h6-14,21H,1-5H3. The molecule has 2 aromatic rings. The Balaban J connectivity index is 2.28. The van der Waals surface area contributed by atoms with Crippen LogP contribution in [0.25, 0.3) is 5.76 Å². The van der Waals surface area contributed by atoms with Crippen LogP contribution < -0.4 is 9.47 Å². The van der Waals surface area contributed by atoms with Gasteiger partial charge >= 0.3 is 21.6 Å². The number of methoxy groups -OCH3 is 1. The van der Waals surface area contributed by atoms with Crippen molar-refractivity contribution < 1.29 is 44.8 Å². The largest absolute Gasteiger partial charge is 0.534 e. The van der Waals surface area contributed by atoms with Gasteiger partial charge in [-0.2, -0.15) is 21.6 Å². The highest BCUT2D eigenvalue weighted by molar-refractivity contribution is 7.87. The van der Waals surface area contributed by atoms with Crippen LogP contribution in [0.15, 0.2) is 48.0 Å². The number of alkyl halides is 3. The van der Waals surface area contributed by atoms with Crippen molar-refractivity contribution in [2.24, 2.45) is 0 Å². The van der Waals surface area contributed by atoms with Gasteiger partial charge in [0.05, 0.1) is 18.8 Å². The molecule has 0 aliphatic carbocycles. The van der Waals surface area contributed by atoms with E-state index in [2.05, 4.69) is 4.18 Å². The molecular formula is C24H25F3O7S. The van der Waals surface area contributed by atoms with Gasteiger partial charge in [-0.15, -0.1) is 0 Å². The van der Waals surface area contributed by atoms with Crippen LogP contribution in [-0.2, 0) is 23.8 Å². The fourth-order valence-corrected chi connectivity index (χ4v) is 3.93. The van der Waals surface area contributed by atoms with Crippen molar-refractivity contribution in [3.63, 3.8) is 0 Å². The van der Waals surface area contributed by atoms with E-state index in [1.807, 2.05) is 13.8 Å². The Morgan fingerprint density at radius 3 is 2.17 bits per heavy atom. The summed E-state index contributed by atoms with van der Waals surface area (Å²) in [6.45, 7) is 7.42. The number of fused-ring (bicyclic) bond motifs is 1. The first-order chi connectivity index (χ1) is 16.2. The minimum Gasteiger partial charge on any atom is -0.491 e. The number of carbonyl (C=O) groups excluding carboxylic acids is 1. The van der Waals surface area contributed by atoms with Crippen LogP contribution in [0.2, 0.25) is 0 Å². The van der Waals surface area contributed by atoms with Gasteiger partial charge in [0.15, 0.2) is 11.9 Å². The maximum absolute atomic E-state index is 13.3. The number of hydrogen-bond donors (Lipinski definition) is 0. The van der Waals surface area contributed by atoms with Crippen LogP contribution in [0.5, 0.6) is 11.5 Å². The Labute approximate surface area is 201 Å². The zero-order valence-corrected chi connectivity index (χ0v) is 20.5. The zero-order valence-electron chi connectivity index (χ0n) is 19.7. The van der Waals surface area contributed by atoms with Crippen molar-refractivity contribution in [1.29, 1.82) is 0 Å². The van der Waals surface area contributed by atoms with E-state index in [0.29, 0.717) is 5.56 Å². The number of benzene rings is 2. The average molecular weight is 515 g/mol. The normalized spacial score (nSPS) is 16.1. The second-order valence-corrected chi connectivity index (χ2v) is 9.90. The van der Waals surface area contributed by atoms with Crippen molar-refractivity contribution in [1.82, 2.24) is 0 Å². The Bertz CT molecular complexity index is 1230. The summed E-state index contributed by atoms with van der Waals surface area (Å²) in [5.74, 6) is -1.56. The molecule has 11 heteroatoms. The first kappa shape index (κ1) is 26.4. The number of carbonyl (C=O) groups is 1. The highest BCUT2D eigenvalue weighted by Gasteiger charge is 2.51. The molecular weight excluding hydrogens is 489 g/mol. The van der Waals surface area contributed by atoms with Gasteiger partial charge in [0.25, 0.3) is 0 Å². The second-order valence-electron chi connectivity index (χ2n) is 8.36. The Morgan fingerprint density at radius 1 is 1.03 bits per heavy atom. The highest BCUT2D eigenvalue weighted by Crippen LogP contribution is 2.46. The summed E-state index contributed by atoms with van der Waals surface area (Å²) in [7, 11) is -5.12. The van der Waals surface area contributed by atoms with E-state index < -0.39 is 39.0 Å². The number of hydrogen-bond acceptors (Lipinski definition) is 7. The van der Waals surface area contributed by atoms with Gasteiger partial charge in [0.1, 0.15) is 17.1 Å². The lowest BCUT2D eigenvalue weighted by Gasteiger charge is -2.30. The number of esters is 1. The third-order valence-corrected chi connectivity index (χ3v) is 6.06. The van der Waals surface area contributed by atoms with E-state index in [1.165, 1.54) is 18.2 Å². The molecule has 1 heterocycles. The molecule has 0 radical (unpaired) electrons. The molecule has 0 fully saturated rings. The SMILES string of the molecule is COC(=O)C1=C(OS(=O)(=O)C(F)(F)F)c2cc(OC(C)C)ccc2OC1c1ccc(C(C)C)cc1. The molecule has 3 rings (SSSR count).